The molecule has 0 saturated heterocycles. The van der Waals surface area contributed by atoms with E-state index in [9.17, 15) is 4.79 Å². The highest BCUT2D eigenvalue weighted by atomic mass is 32.2. The van der Waals surface area contributed by atoms with E-state index < -0.39 is 0 Å². The van der Waals surface area contributed by atoms with E-state index >= 15 is 0 Å². The number of hydrogen-bond donors (Lipinski definition) is 1. The molecule has 0 spiro atoms. The largest absolute Gasteiger partial charge is 0.340 e. The molecule has 5 heteroatoms. The van der Waals surface area contributed by atoms with Gasteiger partial charge < -0.3 is 10.6 Å². The Bertz CT molecular complexity index is 314. The number of carbonyl (C=O) groups excluding carboxylic acids is 1. The van der Waals surface area contributed by atoms with Crippen LogP contribution in [-0.2, 0) is 11.3 Å². The number of nitrogens with zero attached hydrogens (tertiary/aromatic N) is 1. The van der Waals surface area contributed by atoms with Crippen LogP contribution in [-0.4, -0.2) is 35.9 Å². The molecule has 0 aliphatic carbocycles. The van der Waals surface area contributed by atoms with E-state index in [1.54, 1.807) is 35.0 Å². The van der Waals surface area contributed by atoms with Gasteiger partial charge in [0.1, 0.15) is 0 Å². The second-order valence-electron chi connectivity index (χ2n) is 3.71. The summed E-state index contributed by atoms with van der Waals surface area (Å²) >= 11 is 3.36. The lowest BCUT2D eigenvalue weighted by Crippen LogP contribution is -2.41. The average Bonchev–Trinajstić information content (AvgIpc) is 2.77. The van der Waals surface area contributed by atoms with Gasteiger partial charge in [-0.3, -0.25) is 4.79 Å². The van der Waals surface area contributed by atoms with Crippen LogP contribution in [0.1, 0.15) is 12.0 Å². The number of thiophene rings is 1. The first-order valence-electron chi connectivity index (χ1n) is 5.15. The predicted octanol–water partition coefficient (Wildman–Crippen LogP) is 1.79. The number of carbonyl (C=O) groups is 1. The lowest BCUT2D eigenvalue weighted by molar-refractivity contribution is -0.131. The fourth-order valence-corrected chi connectivity index (χ4v) is 2.54. The summed E-state index contributed by atoms with van der Waals surface area (Å²) in [4.78, 5) is 13.6. The van der Waals surface area contributed by atoms with Crippen LogP contribution in [0.3, 0.4) is 0 Å². The number of amides is 1. The van der Waals surface area contributed by atoms with Crippen molar-refractivity contribution in [3.63, 3.8) is 0 Å². The van der Waals surface area contributed by atoms with E-state index in [4.69, 9.17) is 5.73 Å². The third-order valence-electron chi connectivity index (χ3n) is 2.33. The minimum atomic E-state index is -0.365. The van der Waals surface area contributed by atoms with Gasteiger partial charge in [-0.1, -0.05) is 0 Å². The molecule has 0 bridgehead atoms. The molecular formula is C11H18N2OS2. The molecule has 1 amide bonds. The van der Waals surface area contributed by atoms with Crippen LogP contribution in [0.2, 0.25) is 0 Å². The Balaban J connectivity index is 2.41. The predicted molar refractivity (Wildman–Crippen MR) is 71.8 cm³/mol. The first kappa shape index (κ1) is 13.5. The topological polar surface area (TPSA) is 46.3 Å². The minimum Gasteiger partial charge on any atom is -0.340 e. The molecule has 1 heterocycles. The van der Waals surface area contributed by atoms with Crippen LogP contribution >= 0.6 is 23.1 Å². The summed E-state index contributed by atoms with van der Waals surface area (Å²) in [7, 11) is 1.80. The van der Waals surface area contributed by atoms with Crippen molar-refractivity contribution in [2.75, 3.05) is 19.1 Å². The second-order valence-corrected chi connectivity index (χ2v) is 5.48. The van der Waals surface area contributed by atoms with Crippen molar-refractivity contribution >= 4 is 29.0 Å². The summed E-state index contributed by atoms with van der Waals surface area (Å²) in [5.41, 5.74) is 7.00. The summed E-state index contributed by atoms with van der Waals surface area (Å²) in [5.74, 6) is 0.958. The average molecular weight is 258 g/mol. The van der Waals surface area contributed by atoms with Crippen LogP contribution in [0.15, 0.2) is 16.8 Å². The van der Waals surface area contributed by atoms with Crippen molar-refractivity contribution in [1.82, 2.24) is 4.90 Å². The highest BCUT2D eigenvalue weighted by Gasteiger charge is 2.17. The van der Waals surface area contributed by atoms with E-state index in [0.717, 1.165) is 17.7 Å². The lowest BCUT2D eigenvalue weighted by Gasteiger charge is -2.20. The maximum absolute atomic E-state index is 11.9. The molecule has 0 aromatic carbocycles. The molecule has 0 aliphatic heterocycles. The zero-order valence-corrected chi connectivity index (χ0v) is 11.3. The van der Waals surface area contributed by atoms with E-state index in [1.165, 1.54) is 0 Å². The fourth-order valence-electron chi connectivity index (χ4n) is 1.39. The van der Waals surface area contributed by atoms with Crippen LogP contribution < -0.4 is 5.73 Å². The van der Waals surface area contributed by atoms with Crippen molar-refractivity contribution in [2.45, 2.75) is 19.0 Å². The van der Waals surface area contributed by atoms with Crippen LogP contribution in [0.4, 0.5) is 0 Å². The third kappa shape index (κ3) is 4.15. The van der Waals surface area contributed by atoms with Gasteiger partial charge in [0.2, 0.25) is 5.91 Å². The molecule has 1 aromatic rings. The molecule has 16 heavy (non-hydrogen) atoms. The van der Waals surface area contributed by atoms with Gasteiger partial charge in [0.25, 0.3) is 0 Å². The zero-order valence-electron chi connectivity index (χ0n) is 9.68. The summed E-state index contributed by atoms with van der Waals surface area (Å²) in [6.45, 7) is 0.648. The monoisotopic (exact) mass is 258 g/mol. The molecule has 0 radical (unpaired) electrons. The number of rotatable bonds is 6. The van der Waals surface area contributed by atoms with Gasteiger partial charge in [-0.05, 0) is 40.8 Å². The first-order valence-corrected chi connectivity index (χ1v) is 7.49. The summed E-state index contributed by atoms with van der Waals surface area (Å²) < 4.78 is 0. The van der Waals surface area contributed by atoms with Crippen molar-refractivity contribution in [2.24, 2.45) is 5.73 Å². The Hall–Kier alpha value is -0.520. The van der Waals surface area contributed by atoms with Gasteiger partial charge in [0.15, 0.2) is 0 Å². The maximum Gasteiger partial charge on any atom is 0.239 e. The normalized spacial score (nSPS) is 12.4. The van der Waals surface area contributed by atoms with Crippen LogP contribution in [0, 0.1) is 0 Å². The smallest absolute Gasteiger partial charge is 0.239 e. The van der Waals surface area contributed by atoms with Crippen molar-refractivity contribution in [1.29, 1.82) is 0 Å². The standard InChI is InChI=1S/C11H18N2OS2/c1-13(7-9-3-6-16-8-9)11(14)10(12)4-5-15-2/h3,6,8,10H,4-5,7,12H2,1-2H3/t10-/m1/s1. The fraction of sp³-hybridized carbons (Fsp3) is 0.545. The SMILES string of the molecule is CSCC[C@@H](N)C(=O)N(C)Cc1ccsc1. The molecule has 3 nitrogen and oxygen atoms in total. The van der Waals surface area contributed by atoms with Gasteiger partial charge in [-0.15, -0.1) is 0 Å². The summed E-state index contributed by atoms with van der Waals surface area (Å²) in [5, 5.41) is 4.07. The molecule has 0 fully saturated rings. The summed E-state index contributed by atoms with van der Waals surface area (Å²) in [6, 6.07) is 1.66. The minimum absolute atomic E-state index is 0.0280. The first-order chi connectivity index (χ1) is 7.65. The van der Waals surface area contributed by atoms with E-state index in [0.29, 0.717) is 6.54 Å². The van der Waals surface area contributed by atoms with Crippen LogP contribution in [0.25, 0.3) is 0 Å². The molecule has 0 saturated carbocycles. The van der Waals surface area contributed by atoms with Gasteiger partial charge in [0.05, 0.1) is 6.04 Å². The van der Waals surface area contributed by atoms with E-state index in [1.807, 2.05) is 17.7 Å². The lowest BCUT2D eigenvalue weighted by atomic mass is 10.2. The van der Waals surface area contributed by atoms with Crippen molar-refractivity contribution in [3.8, 4) is 0 Å². The summed E-state index contributed by atoms with van der Waals surface area (Å²) in [6.07, 6.45) is 2.76. The number of hydrogen-bond acceptors (Lipinski definition) is 4. The van der Waals surface area contributed by atoms with Gasteiger partial charge in [0, 0.05) is 13.6 Å². The Kier molecular flexibility index (Phi) is 5.87. The highest BCUT2D eigenvalue weighted by molar-refractivity contribution is 7.98. The molecule has 2 N–H and O–H groups in total. The van der Waals surface area contributed by atoms with Gasteiger partial charge in [-0.2, -0.15) is 23.1 Å². The van der Waals surface area contributed by atoms with E-state index in [2.05, 4.69) is 5.38 Å². The quantitative estimate of drug-likeness (QED) is 0.846. The van der Waals surface area contributed by atoms with Gasteiger partial charge >= 0.3 is 0 Å². The molecular weight excluding hydrogens is 240 g/mol. The molecule has 0 aliphatic rings. The number of thioether (sulfide) groups is 1. The molecule has 0 unspecified atom stereocenters. The molecule has 1 aromatic heterocycles. The molecule has 90 valence electrons. The Labute approximate surface area is 105 Å². The maximum atomic E-state index is 11.9. The highest BCUT2D eigenvalue weighted by Crippen LogP contribution is 2.09. The van der Waals surface area contributed by atoms with Gasteiger partial charge in [-0.25, -0.2) is 0 Å². The van der Waals surface area contributed by atoms with Crippen molar-refractivity contribution in [3.05, 3.63) is 22.4 Å². The number of likely N-dealkylation sites (N-methyl/N-ethyl adjacent to an activating group) is 1. The Morgan fingerprint density at radius 2 is 2.44 bits per heavy atom. The molecule has 1 rings (SSSR count). The second kappa shape index (κ2) is 6.93. The zero-order chi connectivity index (χ0) is 12.0. The van der Waals surface area contributed by atoms with Crippen molar-refractivity contribution < 1.29 is 4.79 Å². The van der Waals surface area contributed by atoms with E-state index in [-0.39, 0.29) is 11.9 Å². The molecule has 1 atom stereocenters. The van der Waals surface area contributed by atoms with Crippen LogP contribution in [0.5, 0.6) is 0 Å². The number of nitrogens with two attached hydrogens (primary N) is 1. The Morgan fingerprint density at radius 1 is 1.69 bits per heavy atom. The Morgan fingerprint density at radius 3 is 3.00 bits per heavy atom. The third-order valence-corrected chi connectivity index (χ3v) is 3.70.